The molecule has 10 aromatic rings. The van der Waals surface area contributed by atoms with Gasteiger partial charge in [0, 0.05) is 31.0 Å². The Bertz CT molecular complexity index is 3260. The number of rotatable bonds is 2. The van der Waals surface area contributed by atoms with Crippen LogP contribution in [0.5, 0.6) is 0 Å². The lowest BCUT2D eigenvalue weighted by molar-refractivity contribution is 0.660. The van der Waals surface area contributed by atoms with Crippen LogP contribution in [0.2, 0.25) is 0 Å². The molecule has 260 valence electrons. The van der Waals surface area contributed by atoms with Gasteiger partial charge in [-0.25, -0.2) is 0 Å². The number of hydrogen-bond donors (Lipinski definition) is 0. The van der Waals surface area contributed by atoms with E-state index in [1.807, 2.05) is 11.3 Å². The van der Waals surface area contributed by atoms with Crippen LogP contribution in [0.3, 0.4) is 0 Å². The molecule has 0 saturated carbocycles. The lowest BCUT2D eigenvalue weighted by Gasteiger charge is -2.24. The highest BCUT2D eigenvalue weighted by molar-refractivity contribution is 7.26. The minimum Gasteiger partial charge on any atom is -0.135 e. The van der Waals surface area contributed by atoms with Crippen molar-refractivity contribution in [1.29, 1.82) is 0 Å². The van der Waals surface area contributed by atoms with Crippen molar-refractivity contribution in [2.45, 2.75) is 38.5 Å². The fourth-order valence-electron chi connectivity index (χ4n) is 10.7. The van der Waals surface area contributed by atoms with Gasteiger partial charge in [-0.05, 0) is 117 Å². The van der Waals surface area contributed by atoms with Crippen LogP contribution in [0.1, 0.15) is 49.9 Å². The van der Waals surface area contributed by atoms with Crippen LogP contribution in [0.25, 0.3) is 97.0 Å². The highest BCUT2D eigenvalue weighted by atomic mass is 32.1. The number of hydrogen-bond acceptors (Lipinski definition) is 1. The molecule has 1 heterocycles. The highest BCUT2D eigenvalue weighted by Gasteiger charge is 2.38. The number of fused-ring (bicyclic) bond motifs is 14. The Balaban J connectivity index is 1.08. The molecule has 9 aromatic carbocycles. The monoisotopic (exact) mass is 718 g/mol. The predicted molar refractivity (Wildman–Crippen MR) is 238 cm³/mol. The Morgan fingerprint density at radius 2 is 0.818 bits per heavy atom. The van der Waals surface area contributed by atoms with Gasteiger partial charge in [-0.15, -0.1) is 11.3 Å². The van der Waals surface area contributed by atoms with Gasteiger partial charge in [-0.1, -0.05) is 167 Å². The van der Waals surface area contributed by atoms with Gasteiger partial charge in [0.1, 0.15) is 0 Å². The molecule has 12 rings (SSSR count). The number of benzene rings is 9. The van der Waals surface area contributed by atoms with Crippen LogP contribution in [-0.4, -0.2) is 0 Å². The zero-order valence-electron chi connectivity index (χ0n) is 31.4. The van der Waals surface area contributed by atoms with E-state index in [0.717, 1.165) is 0 Å². The first-order chi connectivity index (χ1) is 26.8. The summed E-state index contributed by atoms with van der Waals surface area (Å²) in [4.78, 5) is 0. The van der Waals surface area contributed by atoms with Crippen LogP contribution in [0.15, 0.2) is 158 Å². The van der Waals surface area contributed by atoms with Crippen molar-refractivity contribution in [1.82, 2.24) is 0 Å². The SMILES string of the molecule is CC1(C)c2ccccc2-c2cc(-c3c4ccccc4c(-c4ccc5c(c4)-c4ccc6c(ccc7c8ccccc8sc67)c4C5(C)C)c4ccccc34)ccc21. The average molecular weight is 719 g/mol. The molecule has 0 radical (unpaired) electrons. The molecule has 0 amide bonds. The smallest absolute Gasteiger partial charge is 0.0433 e. The summed E-state index contributed by atoms with van der Waals surface area (Å²) < 4.78 is 2.75. The van der Waals surface area contributed by atoms with E-state index >= 15 is 0 Å². The largest absolute Gasteiger partial charge is 0.135 e. The van der Waals surface area contributed by atoms with Gasteiger partial charge >= 0.3 is 0 Å². The Morgan fingerprint density at radius 1 is 0.345 bits per heavy atom. The maximum Gasteiger partial charge on any atom is 0.0433 e. The summed E-state index contributed by atoms with van der Waals surface area (Å²) >= 11 is 1.92. The molecular formula is C54H38S. The van der Waals surface area contributed by atoms with Crippen molar-refractivity contribution in [2.75, 3.05) is 0 Å². The van der Waals surface area contributed by atoms with E-state index < -0.39 is 0 Å². The number of thiophene rings is 1. The lowest BCUT2D eigenvalue weighted by atomic mass is 9.79. The van der Waals surface area contributed by atoms with E-state index in [1.54, 1.807) is 0 Å². The van der Waals surface area contributed by atoms with Crippen LogP contribution in [-0.2, 0) is 10.8 Å². The maximum absolute atomic E-state index is 2.50. The van der Waals surface area contributed by atoms with Crippen LogP contribution in [0, 0.1) is 0 Å². The van der Waals surface area contributed by atoms with E-state index in [4.69, 9.17) is 0 Å². The van der Waals surface area contributed by atoms with E-state index in [9.17, 15) is 0 Å². The topological polar surface area (TPSA) is 0 Å². The second kappa shape index (κ2) is 10.8. The zero-order chi connectivity index (χ0) is 36.8. The van der Waals surface area contributed by atoms with Crippen molar-refractivity contribution in [3.05, 3.63) is 180 Å². The molecule has 55 heavy (non-hydrogen) atoms. The Morgan fingerprint density at radius 3 is 1.47 bits per heavy atom. The third-order valence-corrected chi connectivity index (χ3v) is 14.5. The second-order valence-electron chi connectivity index (χ2n) is 16.8. The quantitative estimate of drug-likeness (QED) is 0.156. The standard InChI is InChI=1S/C54H38S/c1-53(2)45-19-11-9-13-33(45)43-29-31(21-27-46(43)53)49-35-15-5-7-17-37(35)50(38-18-8-6-16-36(38)49)32-22-28-47-44(30-32)40-24-26-42-39(51(40)54(47,3)4)23-25-41-34-14-10-12-20-48(34)55-52(41)42/h5-30H,1-4H3. The summed E-state index contributed by atoms with van der Waals surface area (Å²) in [7, 11) is 0. The van der Waals surface area contributed by atoms with Gasteiger partial charge in [-0.3, -0.25) is 0 Å². The zero-order valence-corrected chi connectivity index (χ0v) is 32.2. The van der Waals surface area contributed by atoms with E-state index in [1.165, 1.54) is 119 Å². The van der Waals surface area contributed by atoms with Crippen molar-refractivity contribution in [2.24, 2.45) is 0 Å². The van der Waals surface area contributed by atoms with E-state index in [-0.39, 0.29) is 10.8 Å². The molecule has 0 spiro atoms. The van der Waals surface area contributed by atoms with E-state index in [0.29, 0.717) is 0 Å². The van der Waals surface area contributed by atoms with Gasteiger partial charge in [0.25, 0.3) is 0 Å². The molecule has 2 aliphatic rings. The molecule has 0 aliphatic heterocycles. The first kappa shape index (κ1) is 31.3. The fourth-order valence-corrected chi connectivity index (χ4v) is 11.9. The molecule has 0 nitrogen and oxygen atoms in total. The van der Waals surface area contributed by atoms with Crippen molar-refractivity contribution < 1.29 is 0 Å². The molecule has 0 atom stereocenters. The summed E-state index contributed by atoms with van der Waals surface area (Å²) in [5, 5.41) is 10.6. The molecule has 0 N–H and O–H groups in total. The third-order valence-electron chi connectivity index (χ3n) is 13.2. The van der Waals surface area contributed by atoms with Gasteiger partial charge < -0.3 is 0 Å². The summed E-state index contributed by atoms with van der Waals surface area (Å²) in [5.41, 5.74) is 16.1. The molecule has 2 aliphatic carbocycles. The van der Waals surface area contributed by atoms with Crippen LogP contribution < -0.4 is 0 Å². The Kier molecular flexibility index (Phi) is 6.16. The molecule has 0 bridgehead atoms. The first-order valence-corrected chi connectivity index (χ1v) is 20.3. The molecule has 0 saturated heterocycles. The van der Waals surface area contributed by atoms with E-state index in [2.05, 4.69) is 185 Å². The summed E-state index contributed by atoms with van der Waals surface area (Å²) in [5.74, 6) is 0. The summed E-state index contributed by atoms with van der Waals surface area (Å²) in [6, 6.07) is 60.0. The van der Waals surface area contributed by atoms with Crippen molar-refractivity contribution in [3.63, 3.8) is 0 Å². The molecule has 1 aromatic heterocycles. The predicted octanol–water partition coefficient (Wildman–Crippen LogP) is 15.5. The summed E-state index contributed by atoms with van der Waals surface area (Å²) in [6.45, 7) is 9.56. The van der Waals surface area contributed by atoms with Gasteiger partial charge in [0.15, 0.2) is 0 Å². The molecule has 0 fully saturated rings. The third kappa shape index (κ3) is 4.06. The second-order valence-corrected chi connectivity index (χ2v) is 17.8. The van der Waals surface area contributed by atoms with Gasteiger partial charge in [-0.2, -0.15) is 0 Å². The lowest BCUT2D eigenvalue weighted by Crippen LogP contribution is -2.15. The summed E-state index contributed by atoms with van der Waals surface area (Å²) in [6.07, 6.45) is 0. The fraction of sp³-hybridized carbons (Fsp3) is 0.111. The van der Waals surface area contributed by atoms with Crippen molar-refractivity contribution >= 4 is 63.8 Å². The van der Waals surface area contributed by atoms with Gasteiger partial charge in [0.05, 0.1) is 0 Å². The van der Waals surface area contributed by atoms with Crippen LogP contribution in [0.4, 0.5) is 0 Å². The Hall–Kier alpha value is -6.02. The maximum atomic E-state index is 2.50. The van der Waals surface area contributed by atoms with Crippen LogP contribution >= 0.6 is 11.3 Å². The molecular weight excluding hydrogens is 681 g/mol. The minimum absolute atomic E-state index is 0.0175. The van der Waals surface area contributed by atoms with Crippen molar-refractivity contribution in [3.8, 4) is 44.5 Å². The van der Waals surface area contributed by atoms with Gasteiger partial charge in [0.2, 0.25) is 0 Å². The average Bonchev–Trinajstić information content (AvgIpc) is 3.79. The minimum atomic E-state index is -0.123. The molecule has 0 unspecified atom stereocenters. The first-order valence-electron chi connectivity index (χ1n) is 19.5. The highest BCUT2D eigenvalue weighted by Crippen LogP contribution is 2.55. The normalized spacial score (nSPS) is 14.8. The molecule has 1 heteroatoms. The Labute approximate surface area is 325 Å².